The Bertz CT molecular complexity index is 266. The van der Waals surface area contributed by atoms with Gasteiger partial charge in [0.25, 0.3) is 0 Å². The fourth-order valence-corrected chi connectivity index (χ4v) is 3.51. The molecule has 14 heavy (non-hydrogen) atoms. The van der Waals surface area contributed by atoms with Gasteiger partial charge in [-0.25, -0.2) is 0 Å². The molecule has 1 heterocycles. The Balaban J connectivity index is 2.25. The van der Waals surface area contributed by atoms with Gasteiger partial charge in [0.05, 0.1) is 0 Å². The van der Waals surface area contributed by atoms with E-state index in [2.05, 4.69) is 32.7 Å². The van der Waals surface area contributed by atoms with E-state index >= 15 is 0 Å². The fourth-order valence-electron chi connectivity index (χ4n) is 3.51. The van der Waals surface area contributed by atoms with Crippen molar-refractivity contribution in [1.82, 2.24) is 4.90 Å². The minimum absolute atomic E-state index is 0.580. The SMILES string of the molecule is CC1=C(C)C2(CC1)CCN(C)CC2C. The summed E-state index contributed by atoms with van der Waals surface area (Å²) in [4.78, 5) is 2.48. The van der Waals surface area contributed by atoms with Crippen molar-refractivity contribution >= 4 is 0 Å². The number of hydrogen-bond acceptors (Lipinski definition) is 1. The molecule has 80 valence electrons. The molecule has 1 fully saturated rings. The van der Waals surface area contributed by atoms with E-state index in [9.17, 15) is 0 Å². The van der Waals surface area contributed by atoms with Gasteiger partial charge in [-0.1, -0.05) is 18.1 Å². The molecule has 1 aliphatic carbocycles. The minimum Gasteiger partial charge on any atom is -0.306 e. The van der Waals surface area contributed by atoms with Crippen LogP contribution in [-0.2, 0) is 0 Å². The molecule has 2 atom stereocenters. The van der Waals surface area contributed by atoms with Crippen LogP contribution >= 0.6 is 0 Å². The number of rotatable bonds is 0. The van der Waals surface area contributed by atoms with Crippen LogP contribution in [-0.4, -0.2) is 25.0 Å². The highest BCUT2D eigenvalue weighted by molar-refractivity contribution is 5.27. The van der Waals surface area contributed by atoms with Crippen molar-refractivity contribution in [1.29, 1.82) is 0 Å². The Morgan fingerprint density at radius 1 is 1.29 bits per heavy atom. The van der Waals surface area contributed by atoms with E-state index in [-0.39, 0.29) is 0 Å². The van der Waals surface area contributed by atoms with Crippen LogP contribution in [0.15, 0.2) is 11.1 Å². The van der Waals surface area contributed by atoms with Crippen molar-refractivity contribution < 1.29 is 0 Å². The van der Waals surface area contributed by atoms with Gasteiger partial charge in [0.15, 0.2) is 0 Å². The molecule has 0 amide bonds. The topological polar surface area (TPSA) is 3.24 Å². The van der Waals surface area contributed by atoms with Gasteiger partial charge >= 0.3 is 0 Å². The molecule has 0 N–H and O–H groups in total. The quantitative estimate of drug-likeness (QED) is 0.534. The second-order valence-electron chi connectivity index (χ2n) is 5.47. The second-order valence-corrected chi connectivity index (χ2v) is 5.47. The summed E-state index contributed by atoms with van der Waals surface area (Å²) in [5, 5.41) is 0. The van der Waals surface area contributed by atoms with Crippen molar-refractivity contribution in [3.05, 3.63) is 11.1 Å². The van der Waals surface area contributed by atoms with Crippen LogP contribution in [0.3, 0.4) is 0 Å². The molecule has 0 aromatic heterocycles. The Labute approximate surface area is 88.2 Å². The summed E-state index contributed by atoms with van der Waals surface area (Å²) in [5.74, 6) is 0.846. The van der Waals surface area contributed by atoms with E-state index in [0.29, 0.717) is 5.41 Å². The van der Waals surface area contributed by atoms with Crippen LogP contribution in [0.2, 0.25) is 0 Å². The van der Waals surface area contributed by atoms with Crippen LogP contribution < -0.4 is 0 Å². The largest absolute Gasteiger partial charge is 0.306 e. The molecular formula is C13H23N. The normalized spacial score (nSPS) is 39.9. The van der Waals surface area contributed by atoms with Crippen LogP contribution in [0.4, 0.5) is 0 Å². The van der Waals surface area contributed by atoms with Gasteiger partial charge in [0.1, 0.15) is 0 Å². The zero-order valence-electron chi connectivity index (χ0n) is 10.1. The fraction of sp³-hybridized carbons (Fsp3) is 0.846. The monoisotopic (exact) mass is 193 g/mol. The van der Waals surface area contributed by atoms with E-state index in [4.69, 9.17) is 0 Å². The number of nitrogens with zero attached hydrogens (tertiary/aromatic N) is 1. The summed E-state index contributed by atoms with van der Waals surface area (Å²) in [6.07, 6.45) is 4.15. The molecule has 0 radical (unpaired) electrons. The van der Waals surface area contributed by atoms with E-state index < -0.39 is 0 Å². The summed E-state index contributed by atoms with van der Waals surface area (Å²) in [5.41, 5.74) is 3.97. The Morgan fingerprint density at radius 3 is 2.50 bits per heavy atom. The van der Waals surface area contributed by atoms with Gasteiger partial charge in [0.2, 0.25) is 0 Å². The Kier molecular flexibility index (Phi) is 2.46. The predicted molar refractivity (Wildman–Crippen MR) is 61.3 cm³/mol. The third-order valence-corrected chi connectivity index (χ3v) is 4.80. The lowest BCUT2D eigenvalue weighted by molar-refractivity contribution is 0.0875. The molecule has 2 unspecified atom stereocenters. The van der Waals surface area contributed by atoms with E-state index in [0.717, 1.165) is 5.92 Å². The molecule has 1 spiro atoms. The van der Waals surface area contributed by atoms with Crippen LogP contribution in [0.5, 0.6) is 0 Å². The van der Waals surface area contributed by atoms with E-state index in [1.54, 1.807) is 11.1 Å². The zero-order valence-corrected chi connectivity index (χ0v) is 10.1. The molecule has 0 aromatic carbocycles. The molecular weight excluding hydrogens is 170 g/mol. The van der Waals surface area contributed by atoms with Crippen molar-refractivity contribution in [2.75, 3.05) is 20.1 Å². The molecule has 0 aromatic rings. The number of likely N-dealkylation sites (tertiary alicyclic amines) is 1. The molecule has 2 aliphatic rings. The van der Waals surface area contributed by atoms with Gasteiger partial charge in [-0.3, -0.25) is 0 Å². The maximum absolute atomic E-state index is 2.48. The molecule has 0 bridgehead atoms. The summed E-state index contributed by atoms with van der Waals surface area (Å²) < 4.78 is 0. The van der Waals surface area contributed by atoms with Gasteiger partial charge in [-0.05, 0) is 58.0 Å². The van der Waals surface area contributed by atoms with Crippen LogP contribution in [0.1, 0.15) is 40.0 Å². The summed E-state index contributed by atoms with van der Waals surface area (Å²) in [6.45, 7) is 9.72. The standard InChI is InChI=1S/C13H23N/c1-10-5-6-13(12(10)3)7-8-14(4)9-11(13)2/h11H,5-9H2,1-4H3. The van der Waals surface area contributed by atoms with E-state index in [1.807, 2.05) is 0 Å². The molecule has 1 saturated heterocycles. The molecule has 1 heteroatoms. The van der Waals surface area contributed by atoms with Crippen molar-refractivity contribution in [2.45, 2.75) is 40.0 Å². The average molecular weight is 193 g/mol. The van der Waals surface area contributed by atoms with Crippen molar-refractivity contribution in [2.24, 2.45) is 11.3 Å². The van der Waals surface area contributed by atoms with Gasteiger partial charge in [-0.15, -0.1) is 0 Å². The number of allylic oxidation sites excluding steroid dienone is 2. The lowest BCUT2D eigenvalue weighted by Gasteiger charge is -2.45. The highest BCUT2D eigenvalue weighted by atomic mass is 15.1. The first kappa shape index (κ1) is 10.2. The second kappa shape index (κ2) is 3.37. The number of piperidine rings is 1. The maximum Gasteiger partial charge on any atom is 0.00124 e. The first-order valence-corrected chi connectivity index (χ1v) is 5.91. The van der Waals surface area contributed by atoms with Crippen LogP contribution in [0.25, 0.3) is 0 Å². The van der Waals surface area contributed by atoms with Gasteiger partial charge in [0, 0.05) is 6.54 Å². The summed E-state index contributed by atoms with van der Waals surface area (Å²) in [7, 11) is 2.25. The molecule has 0 saturated carbocycles. The van der Waals surface area contributed by atoms with Crippen LogP contribution in [0, 0.1) is 11.3 Å². The third kappa shape index (κ3) is 1.33. The first-order valence-electron chi connectivity index (χ1n) is 5.91. The third-order valence-electron chi connectivity index (χ3n) is 4.80. The lowest BCUT2D eigenvalue weighted by atomic mass is 9.67. The maximum atomic E-state index is 2.48. The van der Waals surface area contributed by atoms with Crippen molar-refractivity contribution in [3.8, 4) is 0 Å². The Hall–Kier alpha value is -0.300. The zero-order chi connectivity index (χ0) is 10.3. The summed E-state index contributed by atoms with van der Waals surface area (Å²) >= 11 is 0. The van der Waals surface area contributed by atoms with Crippen molar-refractivity contribution in [3.63, 3.8) is 0 Å². The highest BCUT2D eigenvalue weighted by Crippen LogP contribution is 2.52. The smallest absolute Gasteiger partial charge is 0.00124 e. The summed E-state index contributed by atoms with van der Waals surface area (Å²) in [6, 6.07) is 0. The molecule has 1 nitrogen and oxygen atoms in total. The van der Waals surface area contributed by atoms with Gasteiger partial charge in [-0.2, -0.15) is 0 Å². The van der Waals surface area contributed by atoms with Gasteiger partial charge < -0.3 is 4.90 Å². The average Bonchev–Trinajstić information content (AvgIpc) is 2.42. The van der Waals surface area contributed by atoms with E-state index in [1.165, 1.54) is 32.4 Å². The number of hydrogen-bond donors (Lipinski definition) is 0. The highest BCUT2D eigenvalue weighted by Gasteiger charge is 2.43. The predicted octanol–water partition coefficient (Wildman–Crippen LogP) is 3.07. The molecule has 2 rings (SSSR count). The Morgan fingerprint density at radius 2 is 2.00 bits per heavy atom. The first-order chi connectivity index (χ1) is 6.56. The minimum atomic E-state index is 0.580. The lowest BCUT2D eigenvalue weighted by Crippen LogP contribution is -2.44. The molecule has 1 aliphatic heterocycles.